The van der Waals surface area contributed by atoms with E-state index in [0.29, 0.717) is 5.69 Å². The van der Waals surface area contributed by atoms with E-state index in [1.165, 1.54) is 18.3 Å². The lowest BCUT2D eigenvalue weighted by molar-refractivity contribution is 0.0541. The Balaban J connectivity index is 2.40. The molecule has 0 saturated heterocycles. The Labute approximate surface area is 93.0 Å². The minimum atomic E-state index is -0.614. The second-order valence-electron chi connectivity index (χ2n) is 4.12. The summed E-state index contributed by atoms with van der Waals surface area (Å²) in [7, 11) is 0. The quantitative estimate of drug-likeness (QED) is 0.599. The Bertz CT molecular complexity index is 359. The Kier molecular flexibility index (Phi) is 3.65. The fraction of sp³-hybridized carbons (Fsp3) is 0.400. The zero-order chi connectivity index (χ0) is 12.2. The van der Waals surface area contributed by atoms with E-state index >= 15 is 0 Å². The van der Waals surface area contributed by atoms with Crippen LogP contribution in [0.5, 0.6) is 0 Å². The summed E-state index contributed by atoms with van der Waals surface area (Å²) in [5.74, 6) is -0.581. The maximum atomic E-state index is 12.5. The van der Waals surface area contributed by atoms with E-state index in [2.05, 4.69) is 15.8 Å². The molecule has 16 heavy (non-hydrogen) atoms. The van der Waals surface area contributed by atoms with Gasteiger partial charge >= 0.3 is 6.09 Å². The molecule has 88 valence electrons. The lowest BCUT2D eigenvalue weighted by Gasteiger charge is -2.19. The zero-order valence-corrected chi connectivity index (χ0v) is 9.37. The van der Waals surface area contributed by atoms with Crippen LogP contribution in [-0.4, -0.2) is 16.7 Å². The van der Waals surface area contributed by atoms with Gasteiger partial charge in [-0.15, -0.1) is 0 Å². The molecule has 1 aromatic heterocycles. The lowest BCUT2D eigenvalue weighted by Crippen LogP contribution is -2.35. The third-order valence-electron chi connectivity index (χ3n) is 1.44. The van der Waals surface area contributed by atoms with Gasteiger partial charge in [0.15, 0.2) is 0 Å². The number of carbonyl (C=O) groups excluding carboxylic acids is 1. The van der Waals surface area contributed by atoms with Crippen LogP contribution in [-0.2, 0) is 4.74 Å². The highest BCUT2D eigenvalue weighted by atomic mass is 19.1. The van der Waals surface area contributed by atoms with Gasteiger partial charge in [0.25, 0.3) is 0 Å². The molecule has 1 rings (SSSR count). The molecule has 0 spiro atoms. The Morgan fingerprint density at radius 2 is 2.12 bits per heavy atom. The summed E-state index contributed by atoms with van der Waals surface area (Å²) in [6.07, 6.45) is 0.643. The standard InChI is InChI=1S/C10H14FN3O2/c1-10(2,3)16-9(15)14-13-7-4-5-8(11)12-6-7/h4-6,13H,1-3H3,(H,14,15). The number of pyridine rings is 1. The van der Waals surface area contributed by atoms with E-state index < -0.39 is 17.6 Å². The van der Waals surface area contributed by atoms with Gasteiger partial charge in [-0.25, -0.2) is 15.2 Å². The van der Waals surface area contributed by atoms with Crippen LogP contribution in [0.3, 0.4) is 0 Å². The molecule has 0 aliphatic rings. The van der Waals surface area contributed by atoms with Crippen molar-refractivity contribution >= 4 is 11.8 Å². The largest absolute Gasteiger partial charge is 0.443 e. The first kappa shape index (κ1) is 12.2. The van der Waals surface area contributed by atoms with E-state index in [1.54, 1.807) is 20.8 Å². The van der Waals surface area contributed by atoms with Crippen LogP contribution >= 0.6 is 0 Å². The highest BCUT2D eigenvalue weighted by Crippen LogP contribution is 2.07. The van der Waals surface area contributed by atoms with Crippen molar-refractivity contribution in [3.05, 3.63) is 24.3 Å². The summed E-state index contributed by atoms with van der Waals surface area (Å²) in [6.45, 7) is 5.27. The van der Waals surface area contributed by atoms with Gasteiger partial charge in [-0.2, -0.15) is 4.39 Å². The van der Waals surface area contributed by atoms with Crippen molar-refractivity contribution in [3.8, 4) is 0 Å². The van der Waals surface area contributed by atoms with Crippen molar-refractivity contribution in [2.24, 2.45) is 0 Å². The average molecular weight is 227 g/mol. The van der Waals surface area contributed by atoms with Crippen molar-refractivity contribution in [3.63, 3.8) is 0 Å². The van der Waals surface area contributed by atoms with Crippen LogP contribution < -0.4 is 10.9 Å². The number of amides is 1. The summed E-state index contributed by atoms with van der Waals surface area (Å²) < 4.78 is 17.4. The normalized spacial score (nSPS) is 10.8. The van der Waals surface area contributed by atoms with E-state index in [4.69, 9.17) is 4.74 Å². The molecule has 0 aliphatic carbocycles. The predicted molar refractivity (Wildman–Crippen MR) is 57.2 cm³/mol. The van der Waals surface area contributed by atoms with Crippen LogP contribution in [0.4, 0.5) is 14.9 Å². The van der Waals surface area contributed by atoms with E-state index in [9.17, 15) is 9.18 Å². The number of ether oxygens (including phenoxy) is 1. The molecule has 0 unspecified atom stereocenters. The first-order valence-corrected chi connectivity index (χ1v) is 4.73. The molecule has 5 nitrogen and oxygen atoms in total. The van der Waals surface area contributed by atoms with Crippen molar-refractivity contribution in [1.29, 1.82) is 0 Å². The third-order valence-corrected chi connectivity index (χ3v) is 1.44. The highest BCUT2D eigenvalue weighted by Gasteiger charge is 2.15. The summed E-state index contributed by atoms with van der Waals surface area (Å²) in [4.78, 5) is 14.6. The van der Waals surface area contributed by atoms with Crippen LogP contribution in [0.15, 0.2) is 18.3 Å². The molecular weight excluding hydrogens is 213 g/mol. The molecule has 0 radical (unpaired) electrons. The zero-order valence-electron chi connectivity index (χ0n) is 9.37. The van der Waals surface area contributed by atoms with Gasteiger partial charge in [0.2, 0.25) is 5.95 Å². The summed E-state index contributed by atoms with van der Waals surface area (Å²) in [5, 5.41) is 0. The predicted octanol–water partition coefficient (Wildman–Crippen LogP) is 2.07. The molecule has 0 aromatic carbocycles. The Morgan fingerprint density at radius 1 is 1.44 bits per heavy atom. The minimum Gasteiger partial charge on any atom is -0.443 e. The van der Waals surface area contributed by atoms with Crippen molar-refractivity contribution in [1.82, 2.24) is 10.4 Å². The molecular formula is C10H14FN3O2. The summed E-state index contributed by atoms with van der Waals surface area (Å²) in [5.41, 5.74) is 4.74. The van der Waals surface area contributed by atoms with Gasteiger partial charge in [0.1, 0.15) is 5.60 Å². The van der Waals surface area contributed by atoms with Crippen molar-refractivity contribution in [2.75, 3.05) is 5.43 Å². The number of halogens is 1. The molecule has 2 N–H and O–H groups in total. The average Bonchev–Trinajstić information content (AvgIpc) is 2.14. The van der Waals surface area contributed by atoms with Gasteiger partial charge in [0.05, 0.1) is 11.9 Å². The minimum absolute atomic E-state index is 0.465. The molecule has 0 bridgehead atoms. The monoisotopic (exact) mass is 227 g/mol. The van der Waals surface area contributed by atoms with Gasteiger partial charge in [-0.1, -0.05) is 0 Å². The van der Waals surface area contributed by atoms with Gasteiger partial charge < -0.3 is 4.74 Å². The number of anilines is 1. The summed E-state index contributed by atoms with van der Waals surface area (Å²) in [6, 6.07) is 2.62. The van der Waals surface area contributed by atoms with Gasteiger partial charge in [-0.05, 0) is 32.9 Å². The maximum Gasteiger partial charge on any atom is 0.426 e. The second kappa shape index (κ2) is 4.78. The Hall–Kier alpha value is -1.85. The van der Waals surface area contributed by atoms with Crippen LogP contribution in [0.1, 0.15) is 20.8 Å². The number of hydrazine groups is 1. The topological polar surface area (TPSA) is 63.2 Å². The first-order chi connectivity index (χ1) is 7.37. The highest BCUT2D eigenvalue weighted by molar-refractivity contribution is 5.69. The summed E-state index contributed by atoms with van der Waals surface area (Å²) >= 11 is 0. The first-order valence-electron chi connectivity index (χ1n) is 4.73. The molecule has 0 saturated carbocycles. The number of nitrogens with zero attached hydrogens (tertiary/aromatic N) is 1. The molecule has 0 fully saturated rings. The number of carbonyl (C=O) groups is 1. The smallest absolute Gasteiger partial charge is 0.426 e. The van der Waals surface area contributed by atoms with Gasteiger partial charge in [0, 0.05) is 0 Å². The number of rotatable bonds is 2. The molecule has 1 aromatic rings. The number of aromatic nitrogens is 1. The van der Waals surface area contributed by atoms with Crippen LogP contribution in [0.2, 0.25) is 0 Å². The van der Waals surface area contributed by atoms with Crippen LogP contribution in [0, 0.1) is 5.95 Å². The fourth-order valence-corrected chi connectivity index (χ4v) is 0.877. The number of nitrogens with one attached hydrogen (secondary N) is 2. The van der Waals surface area contributed by atoms with Crippen LogP contribution in [0.25, 0.3) is 0 Å². The molecule has 0 atom stereocenters. The molecule has 1 heterocycles. The van der Waals surface area contributed by atoms with Gasteiger partial charge in [-0.3, -0.25) is 5.43 Å². The molecule has 6 heteroatoms. The SMILES string of the molecule is CC(C)(C)OC(=O)NNc1ccc(F)nc1. The van der Waals surface area contributed by atoms with E-state index in [-0.39, 0.29) is 0 Å². The fourth-order valence-electron chi connectivity index (χ4n) is 0.877. The number of hydrogen-bond acceptors (Lipinski definition) is 4. The van der Waals surface area contributed by atoms with E-state index in [1.807, 2.05) is 0 Å². The van der Waals surface area contributed by atoms with Crippen molar-refractivity contribution in [2.45, 2.75) is 26.4 Å². The van der Waals surface area contributed by atoms with Crippen molar-refractivity contribution < 1.29 is 13.9 Å². The number of hydrogen-bond donors (Lipinski definition) is 2. The second-order valence-corrected chi connectivity index (χ2v) is 4.12. The Morgan fingerprint density at radius 3 is 2.62 bits per heavy atom. The molecule has 1 amide bonds. The lowest BCUT2D eigenvalue weighted by atomic mass is 10.2. The maximum absolute atomic E-state index is 12.5. The van der Waals surface area contributed by atoms with E-state index in [0.717, 1.165) is 0 Å². The third kappa shape index (κ3) is 4.59. The molecule has 0 aliphatic heterocycles.